The maximum atomic E-state index is 6.30. The van der Waals surface area contributed by atoms with Gasteiger partial charge in [0.2, 0.25) is 5.90 Å². The smallest absolute Gasteiger partial charge is 0.316 e. The van der Waals surface area contributed by atoms with Gasteiger partial charge in [-0.15, -0.1) is 0 Å². The second-order valence-corrected chi connectivity index (χ2v) is 6.42. The lowest BCUT2D eigenvalue weighted by Crippen LogP contribution is -1.98. The first-order valence-electron chi connectivity index (χ1n) is 9.31. The van der Waals surface area contributed by atoms with E-state index in [0.29, 0.717) is 11.9 Å². The largest absolute Gasteiger partial charge is 0.467 e. The van der Waals surface area contributed by atoms with Gasteiger partial charge in [0, 0.05) is 34.7 Å². The highest BCUT2D eigenvalue weighted by Crippen LogP contribution is 2.38. The molecule has 0 N–H and O–H groups in total. The molecule has 0 aliphatic carbocycles. The Labute approximate surface area is 164 Å². The van der Waals surface area contributed by atoms with Gasteiger partial charge in [-0.1, -0.05) is 49.7 Å². The monoisotopic (exact) mass is 371 g/mol. The molecule has 1 aliphatic heterocycles. The highest BCUT2D eigenvalue weighted by molar-refractivity contribution is 6.11. The van der Waals surface area contributed by atoms with Crippen LogP contribution in [0.4, 0.5) is 5.69 Å². The third kappa shape index (κ3) is 3.51. The first kappa shape index (κ1) is 17.9. The van der Waals surface area contributed by atoms with Crippen LogP contribution < -0.4 is 4.74 Å². The number of ether oxygens (including phenoxy) is 2. The van der Waals surface area contributed by atoms with Crippen molar-refractivity contribution in [3.05, 3.63) is 83.7 Å². The summed E-state index contributed by atoms with van der Waals surface area (Å²) in [6.45, 7) is 2.14. The van der Waals surface area contributed by atoms with Gasteiger partial charge in [0.25, 0.3) is 0 Å². The molecule has 5 heteroatoms. The van der Waals surface area contributed by atoms with Crippen molar-refractivity contribution in [3.8, 4) is 6.01 Å². The van der Waals surface area contributed by atoms with Crippen molar-refractivity contribution in [3.63, 3.8) is 0 Å². The standard InChI is InChI=1S/C23H21N3O2/c1-3-9-18(16-14-24-23(27-2)25-15-16)21-19-12-7-8-13-20(19)22(28-21)26-17-10-5-4-6-11-17/h4-8,10-15H,3,9H2,1-2H3/b21-18+,26-22?. The minimum Gasteiger partial charge on any atom is -0.467 e. The fraction of sp³-hybridized carbons (Fsp3) is 0.174. The lowest BCUT2D eigenvalue weighted by Gasteiger charge is -2.11. The second-order valence-electron chi connectivity index (χ2n) is 6.42. The Kier molecular flexibility index (Phi) is 5.15. The van der Waals surface area contributed by atoms with Gasteiger partial charge in [-0.2, -0.15) is 0 Å². The highest BCUT2D eigenvalue weighted by atomic mass is 16.5. The predicted octanol–water partition coefficient (Wildman–Crippen LogP) is 5.26. The van der Waals surface area contributed by atoms with Crippen molar-refractivity contribution >= 4 is 22.9 Å². The summed E-state index contributed by atoms with van der Waals surface area (Å²) in [5, 5.41) is 0. The molecule has 0 saturated carbocycles. The van der Waals surface area contributed by atoms with Crippen molar-refractivity contribution in [2.45, 2.75) is 19.8 Å². The van der Waals surface area contributed by atoms with Crippen LogP contribution in [0.25, 0.3) is 11.3 Å². The van der Waals surface area contributed by atoms with Crippen LogP contribution in [-0.4, -0.2) is 23.0 Å². The molecule has 5 nitrogen and oxygen atoms in total. The minimum atomic E-state index is 0.351. The van der Waals surface area contributed by atoms with Crippen LogP contribution in [0.2, 0.25) is 0 Å². The van der Waals surface area contributed by atoms with Crippen molar-refractivity contribution < 1.29 is 9.47 Å². The van der Waals surface area contributed by atoms with Gasteiger partial charge < -0.3 is 9.47 Å². The number of benzene rings is 2. The van der Waals surface area contributed by atoms with E-state index in [9.17, 15) is 0 Å². The van der Waals surface area contributed by atoms with E-state index >= 15 is 0 Å². The lowest BCUT2D eigenvalue weighted by molar-refractivity contribution is 0.379. The van der Waals surface area contributed by atoms with Crippen molar-refractivity contribution in [2.24, 2.45) is 4.99 Å². The van der Waals surface area contributed by atoms with Crippen molar-refractivity contribution in [2.75, 3.05) is 7.11 Å². The van der Waals surface area contributed by atoms with E-state index in [1.54, 1.807) is 19.5 Å². The van der Waals surface area contributed by atoms with Gasteiger partial charge in [0.1, 0.15) is 5.76 Å². The number of fused-ring (bicyclic) bond motifs is 1. The molecule has 0 atom stereocenters. The third-order valence-corrected chi connectivity index (χ3v) is 4.52. The number of nitrogens with zero attached hydrogens (tertiary/aromatic N) is 3. The van der Waals surface area contributed by atoms with E-state index in [-0.39, 0.29) is 0 Å². The molecule has 0 unspecified atom stereocenters. The van der Waals surface area contributed by atoms with E-state index < -0.39 is 0 Å². The number of hydrogen-bond acceptors (Lipinski definition) is 5. The Bertz CT molecular complexity index is 1030. The van der Waals surface area contributed by atoms with Crippen LogP contribution in [0.1, 0.15) is 36.5 Å². The van der Waals surface area contributed by atoms with Gasteiger partial charge in [0.15, 0.2) is 0 Å². The van der Waals surface area contributed by atoms with E-state index in [0.717, 1.165) is 46.6 Å². The Morgan fingerprint density at radius 2 is 1.64 bits per heavy atom. The molecule has 0 radical (unpaired) electrons. The van der Waals surface area contributed by atoms with Crippen LogP contribution in [0.15, 0.2) is 72.0 Å². The number of rotatable bonds is 5. The zero-order chi connectivity index (χ0) is 19.3. The first-order valence-corrected chi connectivity index (χ1v) is 9.31. The highest BCUT2D eigenvalue weighted by Gasteiger charge is 2.27. The van der Waals surface area contributed by atoms with Gasteiger partial charge in [-0.05, 0) is 24.6 Å². The van der Waals surface area contributed by atoms with Crippen LogP contribution in [0.3, 0.4) is 0 Å². The Hall–Kier alpha value is -3.47. The molecule has 0 bridgehead atoms. The molecule has 1 aliphatic rings. The summed E-state index contributed by atoms with van der Waals surface area (Å²) in [4.78, 5) is 13.2. The molecule has 2 heterocycles. The van der Waals surface area contributed by atoms with Crippen LogP contribution in [-0.2, 0) is 4.74 Å². The topological polar surface area (TPSA) is 56.6 Å². The number of hydrogen-bond donors (Lipinski definition) is 0. The number of methoxy groups -OCH3 is 1. The van der Waals surface area contributed by atoms with Crippen molar-refractivity contribution in [1.82, 2.24) is 9.97 Å². The number of allylic oxidation sites excluding steroid dienone is 1. The van der Waals surface area contributed by atoms with Crippen molar-refractivity contribution in [1.29, 1.82) is 0 Å². The molecular formula is C23H21N3O2. The SMILES string of the molecule is CCC/C(=C1\OC(=Nc2ccccc2)c2ccccc21)c1cnc(OC)nc1. The molecular weight excluding hydrogens is 350 g/mol. The zero-order valence-corrected chi connectivity index (χ0v) is 15.9. The molecule has 140 valence electrons. The van der Waals surface area contributed by atoms with Gasteiger partial charge in [-0.25, -0.2) is 15.0 Å². The molecule has 0 saturated heterocycles. The summed E-state index contributed by atoms with van der Waals surface area (Å²) in [6, 6.07) is 18.3. The Morgan fingerprint density at radius 3 is 2.32 bits per heavy atom. The van der Waals surface area contributed by atoms with Gasteiger partial charge in [0.05, 0.1) is 12.8 Å². The summed E-state index contributed by atoms with van der Waals surface area (Å²) >= 11 is 0. The molecule has 0 spiro atoms. The predicted molar refractivity (Wildman–Crippen MR) is 110 cm³/mol. The number of aliphatic imine (C=N–C) groups is 1. The molecule has 0 amide bonds. The second kappa shape index (κ2) is 8.05. The summed E-state index contributed by atoms with van der Waals surface area (Å²) in [5.41, 5.74) is 4.88. The molecule has 4 rings (SSSR count). The first-order chi connectivity index (χ1) is 13.8. The van der Waals surface area contributed by atoms with E-state index in [2.05, 4.69) is 23.0 Å². The maximum absolute atomic E-state index is 6.30. The Morgan fingerprint density at radius 1 is 0.964 bits per heavy atom. The van der Waals surface area contributed by atoms with E-state index in [1.807, 2.05) is 48.5 Å². The summed E-state index contributed by atoms with van der Waals surface area (Å²) < 4.78 is 11.4. The average Bonchev–Trinajstić information content (AvgIpc) is 3.11. The summed E-state index contributed by atoms with van der Waals surface area (Å²) in [5.74, 6) is 1.43. The van der Waals surface area contributed by atoms with Crippen LogP contribution in [0.5, 0.6) is 6.01 Å². The molecule has 2 aromatic carbocycles. The average molecular weight is 371 g/mol. The van der Waals surface area contributed by atoms with Crippen LogP contribution >= 0.6 is 0 Å². The van der Waals surface area contributed by atoms with Crippen LogP contribution in [0, 0.1) is 0 Å². The van der Waals surface area contributed by atoms with Gasteiger partial charge >= 0.3 is 6.01 Å². The molecule has 3 aromatic rings. The minimum absolute atomic E-state index is 0.351. The summed E-state index contributed by atoms with van der Waals surface area (Å²) in [7, 11) is 1.56. The van der Waals surface area contributed by atoms with Gasteiger partial charge in [-0.3, -0.25) is 0 Å². The molecule has 28 heavy (non-hydrogen) atoms. The fourth-order valence-corrected chi connectivity index (χ4v) is 3.22. The zero-order valence-electron chi connectivity index (χ0n) is 15.9. The number of para-hydroxylation sites is 1. The summed E-state index contributed by atoms with van der Waals surface area (Å²) in [6.07, 6.45) is 5.38. The maximum Gasteiger partial charge on any atom is 0.316 e. The Balaban J connectivity index is 1.84. The molecule has 0 fully saturated rings. The lowest BCUT2D eigenvalue weighted by atomic mass is 9.98. The fourth-order valence-electron chi connectivity index (χ4n) is 3.22. The van der Waals surface area contributed by atoms with E-state index in [4.69, 9.17) is 14.5 Å². The quantitative estimate of drug-likeness (QED) is 0.614. The molecule has 1 aromatic heterocycles. The van der Waals surface area contributed by atoms with E-state index in [1.165, 1.54) is 0 Å². The number of aromatic nitrogens is 2. The third-order valence-electron chi connectivity index (χ3n) is 4.52. The normalized spacial score (nSPS) is 15.9.